The van der Waals surface area contributed by atoms with E-state index in [1.807, 2.05) is 58.7 Å². The molecule has 2 N–H and O–H groups in total. The highest BCUT2D eigenvalue weighted by molar-refractivity contribution is 7.13. The Morgan fingerprint density at radius 3 is 2.40 bits per heavy atom. The van der Waals surface area contributed by atoms with E-state index in [1.54, 1.807) is 47.7 Å². The van der Waals surface area contributed by atoms with Crippen LogP contribution in [0.15, 0.2) is 90.4 Å². The number of esters is 1. The maximum absolute atomic E-state index is 12.2. The number of hydrogen-bond acceptors (Lipinski definition) is 6. The molecule has 2 aromatic carbocycles. The van der Waals surface area contributed by atoms with Gasteiger partial charge in [-0.2, -0.15) is 5.10 Å². The van der Waals surface area contributed by atoms with Crippen molar-refractivity contribution in [2.75, 3.05) is 6.61 Å². The Balaban J connectivity index is 1.34. The van der Waals surface area contributed by atoms with Gasteiger partial charge in [-0.3, -0.25) is 25.1 Å². The Morgan fingerprint density at radius 2 is 1.69 bits per heavy atom. The lowest BCUT2D eigenvalue weighted by molar-refractivity contribution is -0.144. The molecule has 2 amide bonds. The number of benzene rings is 2. The summed E-state index contributed by atoms with van der Waals surface area (Å²) in [6, 6.07) is 22.3. The van der Waals surface area contributed by atoms with Crippen molar-refractivity contribution in [1.82, 2.24) is 20.6 Å². The van der Waals surface area contributed by atoms with E-state index < -0.39 is 24.4 Å². The Kier molecular flexibility index (Phi) is 7.82. The van der Waals surface area contributed by atoms with Gasteiger partial charge < -0.3 is 4.74 Å². The Labute approximate surface area is 205 Å². The summed E-state index contributed by atoms with van der Waals surface area (Å²) < 4.78 is 6.80. The number of thiophene rings is 1. The number of carbonyl (C=O) groups excluding carboxylic acids is 3. The van der Waals surface area contributed by atoms with Crippen LogP contribution in [0, 0.1) is 0 Å². The van der Waals surface area contributed by atoms with Crippen molar-refractivity contribution in [3.8, 4) is 10.6 Å². The third-order valence-corrected chi connectivity index (χ3v) is 5.70. The molecule has 0 saturated heterocycles. The van der Waals surface area contributed by atoms with Crippen LogP contribution in [0.1, 0.15) is 21.5 Å². The van der Waals surface area contributed by atoms with E-state index >= 15 is 0 Å². The van der Waals surface area contributed by atoms with Gasteiger partial charge >= 0.3 is 5.97 Å². The summed E-state index contributed by atoms with van der Waals surface area (Å²) in [6.45, 7) is 0.0513. The predicted octanol–water partition coefficient (Wildman–Crippen LogP) is 3.68. The van der Waals surface area contributed by atoms with Crippen LogP contribution < -0.4 is 10.9 Å². The molecule has 0 radical (unpaired) electrons. The van der Waals surface area contributed by atoms with Crippen LogP contribution in [0.5, 0.6) is 0 Å². The van der Waals surface area contributed by atoms with Gasteiger partial charge in [0.2, 0.25) is 0 Å². The molecule has 0 spiro atoms. The minimum atomic E-state index is -0.692. The van der Waals surface area contributed by atoms with Crippen LogP contribution in [-0.2, 0) is 20.9 Å². The van der Waals surface area contributed by atoms with Crippen molar-refractivity contribution in [3.05, 3.63) is 107 Å². The van der Waals surface area contributed by atoms with Crippen LogP contribution in [0.2, 0.25) is 0 Å². The van der Waals surface area contributed by atoms with E-state index in [4.69, 9.17) is 4.74 Å². The van der Waals surface area contributed by atoms with Crippen LogP contribution in [0.3, 0.4) is 0 Å². The normalized spacial score (nSPS) is 10.7. The zero-order valence-electron chi connectivity index (χ0n) is 18.6. The fourth-order valence-corrected chi connectivity index (χ4v) is 3.91. The van der Waals surface area contributed by atoms with Crippen molar-refractivity contribution < 1.29 is 19.1 Å². The fourth-order valence-electron chi connectivity index (χ4n) is 3.18. The van der Waals surface area contributed by atoms with Gasteiger partial charge in [0.05, 0.1) is 11.4 Å². The van der Waals surface area contributed by atoms with Crippen molar-refractivity contribution >= 4 is 35.2 Å². The summed E-state index contributed by atoms with van der Waals surface area (Å²) in [7, 11) is 0. The molecule has 0 aliphatic rings. The summed E-state index contributed by atoms with van der Waals surface area (Å²) in [5.41, 5.74) is 7.48. The summed E-state index contributed by atoms with van der Waals surface area (Å²) >= 11 is 1.55. The van der Waals surface area contributed by atoms with Gasteiger partial charge in [-0.1, -0.05) is 54.6 Å². The average Bonchev–Trinajstić information content (AvgIpc) is 3.56. The van der Waals surface area contributed by atoms with E-state index in [9.17, 15) is 14.4 Å². The molecule has 0 saturated carbocycles. The second-order valence-corrected chi connectivity index (χ2v) is 8.35. The van der Waals surface area contributed by atoms with E-state index in [-0.39, 0.29) is 0 Å². The molecule has 4 rings (SSSR count). The highest BCUT2D eigenvalue weighted by Gasteiger charge is 2.12. The van der Waals surface area contributed by atoms with E-state index in [0.29, 0.717) is 12.1 Å². The molecule has 0 fully saturated rings. The summed E-state index contributed by atoms with van der Waals surface area (Å²) in [4.78, 5) is 37.0. The first kappa shape index (κ1) is 23.7. The largest absolute Gasteiger partial charge is 0.452 e. The third-order valence-electron chi connectivity index (χ3n) is 4.83. The molecule has 0 aliphatic carbocycles. The van der Waals surface area contributed by atoms with Gasteiger partial charge in [0.25, 0.3) is 11.8 Å². The first-order valence-electron chi connectivity index (χ1n) is 10.7. The number of hydrogen-bond donors (Lipinski definition) is 2. The molecule has 8 nitrogen and oxygen atoms in total. The quantitative estimate of drug-likeness (QED) is 0.225. The zero-order valence-corrected chi connectivity index (χ0v) is 19.4. The maximum Gasteiger partial charge on any atom is 0.331 e. The minimum Gasteiger partial charge on any atom is -0.452 e. The lowest BCUT2D eigenvalue weighted by Crippen LogP contribution is -2.43. The molecule has 0 bridgehead atoms. The van der Waals surface area contributed by atoms with Gasteiger partial charge in [-0.25, -0.2) is 4.79 Å². The lowest BCUT2D eigenvalue weighted by atomic mass is 10.2. The van der Waals surface area contributed by atoms with E-state index in [0.717, 1.165) is 21.7 Å². The van der Waals surface area contributed by atoms with Gasteiger partial charge in [0.15, 0.2) is 6.61 Å². The smallest absolute Gasteiger partial charge is 0.331 e. The molecule has 0 aliphatic heterocycles. The van der Waals surface area contributed by atoms with Crippen molar-refractivity contribution in [2.24, 2.45) is 0 Å². The molecule has 2 heterocycles. The molecule has 9 heteroatoms. The van der Waals surface area contributed by atoms with Crippen LogP contribution >= 0.6 is 11.3 Å². The standard InChI is InChI=1S/C26H22N4O4S/c31-23(27-28-26(33)20-10-5-2-6-11-20)18-34-24(32)14-13-21-17-30(16-19-8-3-1-4-9-19)29-25(21)22-12-7-15-35-22/h1-15,17H,16,18H2,(H,27,31)(H,28,33)/b14-13+. The molecule has 0 atom stereocenters. The first-order valence-corrected chi connectivity index (χ1v) is 11.6. The second-order valence-electron chi connectivity index (χ2n) is 7.40. The van der Waals surface area contributed by atoms with Crippen molar-refractivity contribution in [2.45, 2.75) is 6.54 Å². The van der Waals surface area contributed by atoms with Crippen LogP contribution in [0.25, 0.3) is 16.6 Å². The van der Waals surface area contributed by atoms with Gasteiger partial charge in [0.1, 0.15) is 5.69 Å². The number of ether oxygens (including phenoxy) is 1. The topological polar surface area (TPSA) is 102 Å². The maximum atomic E-state index is 12.2. The summed E-state index contributed by atoms with van der Waals surface area (Å²) in [6.07, 6.45) is 4.72. The van der Waals surface area contributed by atoms with Gasteiger partial charge in [-0.05, 0) is 35.2 Å². The highest BCUT2D eigenvalue weighted by Crippen LogP contribution is 2.27. The Bertz CT molecular complexity index is 1320. The van der Waals surface area contributed by atoms with Crippen molar-refractivity contribution in [1.29, 1.82) is 0 Å². The number of rotatable bonds is 8. The SMILES string of the molecule is O=C(COC(=O)/C=C/c1cn(Cc2ccccc2)nc1-c1cccs1)NNC(=O)c1ccccc1. The lowest BCUT2D eigenvalue weighted by Gasteiger charge is -2.07. The van der Waals surface area contributed by atoms with Crippen LogP contribution in [-0.4, -0.2) is 34.2 Å². The predicted molar refractivity (Wildman–Crippen MR) is 133 cm³/mol. The molecular formula is C26H22N4O4S. The van der Waals surface area contributed by atoms with Gasteiger partial charge in [-0.15, -0.1) is 11.3 Å². The van der Waals surface area contributed by atoms with Crippen LogP contribution in [0.4, 0.5) is 0 Å². The number of aromatic nitrogens is 2. The number of nitrogens with zero attached hydrogens (tertiary/aromatic N) is 2. The van der Waals surface area contributed by atoms with Gasteiger partial charge in [0, 0.05) is 23.4 Å². The van der Waals surface area contributed by atoms with E-state index in [1.165, 1.54) is 6.08 Å². The summed E-state index contributed by atoms with van der Waals surface area (Å²) in [5, 5.41) is 6.65. The zero-order chi connectivity index (χ0) is 24.5. The first-order chi connectivity index (χ1) is 17.1. The molecular weight excluding hydrogens is 464 g/mol. The number of amides is 2. The third kappa shape index (κ3) is 6.75. The molecule has 0 unspecified atom stereocenters. The molecule has 35 heavy (non-hydrogen) atoms. The number of carbonyl (C=O) groups is 3. The molecule has 4 aromatic rings. The molecule has 2 aromatic heterocycles. The molecule has 176 valence electrons. The number of nitrogens with one attached hydrogen (secondary N) is 2. The van der Waals surface area contributed by atoms with Crippen molar-refractivity contribution in [3.63, 3.8) is 0 Å². The minimum absolute atomic E-state index is 0.391. The van der Waals surface area contributed by atoms with E-state index in [2.05, 4.69) is 16.0 Å². The second kappa shape index (κ2) is 11.6. The Morgan fingerprint density at radius 1 is 0.943 bits per heavy atom. The fraction of sp³-hybridized carbons (Fsp3) is 0.0769. The monoisotopic (exact) mass is 486 g/mol. The summed E-state index contributed by atoms with van der Waals surface area (Å²) in [5.74, 6) is -1.83. The Hall–Kier alpha value is -4.50. The average molecular weight is 487 g/mol. The number of hydrazine groups is 1. The highest BCUT2D eigenvalue weighted by atomic mass is 32.1.